The Hall–Kier alpha value is -1.51. The molecule has 0 saturated carbocycles. The van der Waals surface area contributed by atoms with E-state index in [1.54, 1.807) is 0 Å². The molecule has 1 heterocycles. The Bertz CT molecular complexity index is 399. The number of hydrogen-bond acceptors (Lipinski definition) is 2. The number of carbonyl (C=O) groups excluding carboxylic acids is 1. The first-order valence-corrected chi connectivity index (χ1v) is 6.31. The van der Waals surface area contributed by atoms with Crippen LogP contribution in [-0.4, -0.2) is 19.1 Å². The zero-order valence-electron chi connectivity index (χ0n) is 10.5. The molecule has 1 aromatic carbocycles. The Labute approximate surface area is 102 Å². The lowest BCUT2D eigenvalue weighted by Crippen LogP contribution is -2.41. The normalized spacial score (nSPS) is 14.4. The van der Waals surface area contributed by atoms with Crippen LogP contribution in [0.5, 0.6) is 5.75 Å². The highest BCUT2D eigenvalue weighted by atomic mass is 16.5. The van der Waals surface area contributed by atoms with Crippen LogP contribution in [0.3, 0.4) is 0 Å². The Kier molecular flexibility index (Phi) is 3.67. The van der Waals surface area contributed by atoms with Crippen molar-refractivity contribution in [1.82, 2.24) is 0 Å². The van der Waals surface area contributed by atoms with Crippen LogP contribution in [-0.2, 0) is 4.79 Å². The number of hydrogen-bond donors (Lipinski definition) is 0. The number of para-hydroxylation sites is 2. The average Bonchev–Trinajstić information content (AvgIpc) is 2.39. The Balaban J connectivity index is 2.26. The van der Waals surface area contributed by atoms with E-state index in [1.807, 2.05) is 29.2 Å². The highest BCUT2D eigenvalue weighted by molar-refractivity contribution is 5.96. The van der Waals surface area contributed by atoms with Gasteiger partial charge in [-0.2, -0.15) is 0 Å². The van der Waals surface area contributed by atoms with Crippen molar-refractivity contribution < 1.29 is 9.53 Å². The van der Waals surface area contributed by atoms with Crippen molar-refractivity contribution in [3.8, 4) is 5.75 Å². The number of nitrogens with zero attached hydrogens (tertiary/aromatic N) is 1. The number of rotatable bonds is 3. The number of benzene rings is 1. The van der Waals surface area contributed by atoms with Gasteiger partial charge in [0.2, 0.25) is 5.91 Å². The van der Waals surface area contributed by atoms with E-state index in [4.69, 9.17) is 4.74 Å². The molecule has 3 heteroatoms. The van der Waals surface area contributed by atoms with E-state index in [9.17, 15) is 4.79 Å². The van der Waals surface area contributed by atoms with Crippen molar-refractivity contribution in [1.29, 1.82) is 0 Å². The van der Waals surface area contributed by atoms with E-state index in [1.165, 1.54) is 0 Å². The molecule has 0 N–H and O–H groups in total. The Morgan fingerprint density at radius 3 is 2.76 bits per heavy atom. The van der Waals surface area contributed by atoms with Gasteiger partial charge in [-0.05, 0) is 25.0 Å². The second-order valence-electron chi connectivity index (χ2n) is 4.32. The van der Waals surface area contributed by atoms with Gasteiger partial charge in [-0.15, -0.1) is 0 Å². The van der Waals surface area contributed by atoms with Gasteiger partial charge >= 0.3 is 0 Å². The minimum Gasteiger partial charge on any atom is -0.490 e. The summed E-state index contributed by atoms with van der Waals surface area (Å²) in [4.78, 5) is 14.3. The summed E-state index contributed by atoms with van der Waals surface area (Å²) in [7, 11) is 0. The van der Waals surface area contributed by atoms with Crippen molar-refractivity contribution in [3.05, 3.63) is 24.3 Å². The van der Waals surface area contributed by atoms with E-state index >= 15 is 0 Å². The highest BCUT2D eigenvalue weighted by Crippen LogP contribution is 2.32. The minimum atomic E-state index is 0.126. The predicted octanol–water partition coefficient (Wildman–Crippen LogP) is 2.85. The quantitative estimate of drug-likeness (QED) is 0.803. The average molecular weight is 233 g/mol. The van der Waals surface area contributed by atoms with Crippen LogP contribution < -0.4 is 9.64 Å². The summed E-state index contributed by atoms with van der Waals surface area (Å²) in [5, 5.41) is 0. The third-order valence-electron chi connectivity index (χ3n) is 3.33. The van der Waals surface area contributed by atoms with Crippen molar-refractivity contribution >= 4 is 11.6 Å². The molecule has 3 nitrogen and oxygen atoms in total. The predicted molar refractivity (Wildman–Crippen MR) is 68.4 cm³/mol. The first kappa shape index (κ1) is 12.0. The SMILES string of the molecule is CCC(CC)C(=O)N1CCOc2ccccc21. The maximum atomic E-state index is 12.4. The molecule has 1 aliphatic heterocycles. The van der Waals surface area contributed by atoms with Gasteiger partial charge in [0.15, 0.2) is 0 Å². The van der Waals surface area contributed by atoms with Gasteiger partial charge in [0.1, 0.15) is 12.4 Å². The maximum Gasteiger partial charge on any atom is 0.230 e. The smallest absolute Gasteiger partial charge is 0.230 e. The van der Waals surface area contributed by atoms with Crippen molar-refractivity contribution in [2.45, 2.75) is 26.7 Å². The standard InChI is InChI=1S/C14H19NO2/c1-3-11(4-2)14(16)15-9-10-17-13-8-6-5-7-12(13)15/h5-8,11H,3-4,9-10H2,1-2H3. The molecule has 1 amide bonds. The summed E-state index contributed by atoms with van der Waals surface area (Å²) in [5.41, 5.74) is 0.913. The van der Waals surface area contributed by atoms with Crippen LogP contribution in [0.1, 0.15) is 26.7 Å². The fourth-order valence-electron chi connectivity index (χ4n) is 2.26. The van der Waals surface area contributed by atoms with E-state index in [-0.39, 0.29) is 11.8 Å². The number of amides is 1. The topological polar surface area (TPSA) is 29.5 Å². The molecule has 1 aromatic rings. The van der Waals surface area contributed by atoms with Crippen LogP contribution in [0.25, 0.3) is 0 Å². The summed E-state index contributed by atoms with van der Waals surface area (Å²) in [6.45, 7) is 5.38. The summed E-state index contributed by atoms with van der Waals surface area (Å²) < 4.78 is 5.56. The summed E-state index contributed by atoms with van der Waals surface area (Å²) in [6.07, 6.45) is 1.80. The monoisotopic (exact) mass is 233 g/mol. The van der Waals surface area contributed by atoms with Crippen LogP contribution in [0.2, 0.25) is 0 Å². The van der Waals surface area contributed by atoms with Crippen LogP contribution in [0, 0.1) is 5.92 Å². The molecule has 2 rings (SSSR count). The van der Waals surface area contributed by atoms with Gasteiger partial charge < -0.3 is 9.64 Å². The number of anilines is 1. The zero-order valence-corrected chi connectivity index (χ0v) is 10.5. The minimum absolute atomic E-state index is 0.126. The third-order valence-corrected chi connectivity index (χ3v) is 3.33. The van der Waals surface area contributed by atoms with Crippen LogP contribution >= 0.6 is 0 Å². The van der Waals surface area contributed by atoms with Gasteiger partial charge in [-0.1, -0.05) is 26.0 Å². The molecule has 0 atom stereocenters. The highest BCUT2D eigenvalue weighted by Gasteiger charge is 2.27. The lowest BCUT2D eigenvalue weighted by atomic mass is 10.0. The molecule has 0 spiro atoms. The van der Waals surface area contributed by atoms with E-state index in [0.717, 1.165) is 24.3 Å². The number of ether oxygens (including phenoxy) is 1. The molecule has 0 aliphatic carbocycles. The Morgan fingerprint density at radius 2 is 2.06 bits per heavy atom. The van der Waals surface area contributed by atoms with E-state index in [0.29, 0.717) is 13.2 Å². The third kappa shape index (κ3) is 2.28. The summed E-state index contributed by atoms with van der Waals surface area (Å²) >= 11 is 0. The molecular weight excluding hydrogens is 214 g/mol. The molecule has 0 bridgehead atoms. The second kappa shape index (κ2) is 5.21. The van der Waals surface area contributed by atoms with Gasteiger partial charge in [0.25, 0.3) is 0 Å². The lowest BCUT2D eigenvalue weighted by molar-refractivity contribution is -0.122. The van der Waals surface area contributed by atoms with Gasteiger partial charge in [0.05, 0.1) is 12.2 Å². The lowest BCUT2D eigenvalue weighted by Gasteiger charge is -2.31. The molecule has 1 aliphatic rings. The van der Waals surface area contributed by atoms with Crippen LogP contribution in [0.15, 0.2) is 24.3 Å². The Morgan fingerprint density at radius 1 is 1.35 bits per heavy atom. The molecule has 0 radical (unpaired) electrons. The van der Waals surface area contributed by atoms with Crippen molar-refractivity contribution in [3.63, 3.8) is 0 Å². The first-order valence-electron chi connectivity index (χ1n) is 6.31. The van der Waals surface area contributed by atoms with E-state index < -0.39 is 0 Å². The van der Waals surface area contributed by atoms with Gasteiger partial charge in [-0.25, -0.2) is 0 Å². The second-order valence-corrected chi connectivity index (χ2v) is 4.32. The fraction of sp³-hybridized carbons (Fsp3) is 0.500. The molecule has 0 unspecified atom stereocenters. The summed E-state index contributed by atoms with van der Waals surface area (Å²) in [6, 6.07) is 7.75. The van der Waals surface area contributed by atoms with Crippen molar-refractivity contribution in [2.24, 2.45) is 5.92 Å². The maximum absolute atomic E-state index is 12.4. The molecule has 0 fully saturated rings. The molecule has 0 saturated heterocycles. The molecular formula is C14H19NO2. The zero-order chi connectivity index (χ0) is 12.3. The number of carbonyl (C=O) groups is 1. The number of fused-ring (bicyclic) bond motifs is 1. The van der Waals surface area contributed by atoms with Gasteiger partial charge in [-0.3, -0.25) is 4.79 Å². The molecule has 17 heavy (non-hydrogen) atoms. The van der Waals surface area contributed by atoms with Crippen LogP contribution in [0.4, 0.5) is 5.69 Å². The molecule has 0 aromatic heterocycles. The summed E-state index contributed by atoms with van der Waals surface area (Å²) in [5.74, 6) is 1.17. The van der Waals surface area contributed by atoms with Crippen molar-refractivity contribution in [2.75, 3.05) is 18.1 Å². The molecule has 92 valence electrons. The van der Waals surface area contributed by atoms with Gasteiger partial charge in [0, 0.05) is 5.92 Å². The largest absolute Gasteiger partial charge is 0.490 e. The van der Waals surface area contributed by atoms with E-state index in [2.05, 4.69) is 13.8 Å². The first-order chi connectivity index (χ1) is 8.27. The fourth-order valence-corrected chi connectivity index (χ4v) is 2.26.